The van der Waals surface area contributed by atoms with Gasteiger partial charge in [0, 0.05) is 5.88 Å². The number of halogens is 4. The van der Waals surface area contributed by atoms with Gasteiger partial charge in [-0.2, -0.15) is 0 Å². The van der Waals surface area contributed by atoms with Gasteiger partial charge in [-0.3, -0.25) is 0 Å². The van der Waals surface area contributed by atoms with E-state index in [-0.39, 0.29) is 21.6 Å². The number of alkyl halides is 3. The van der Waals surface area contributed by atoms with Crippen molar-refractivity contribution in [3.05, 3.63) is 27.5 Å². The van der Waals surface area contributed by atoms with Gasteiger partial charge in [-0.05, 0) is 27.6 Å². The summed E-state index contributed by atoms with van der Waals surface area (Å²) in [5.74, 6) is -1.42. The lowest BCUT2D eigenvalue weighted by molar-refractivity contribution is 0.0693. The minimum atomic E-state index is -2.76. The molecule has 0 aliphatic heterocycles. The lowest BCUT2D eigenvalue weighted by Gasteiger charge is -2.07. The molecule has 0 unspecified atom stereocenters. The van der Waals surface area contributed by atoms with Crippen LogP contribution in [0.3, 0.4) is 0 Å². The highest BCUT2D eigenvalue weighted by molar-refractivity contribution is 9.10. The number of aromatic carboxylic acids is 1. The van der Waals surface area contributed by atoms with E-state index in [4.69, 9.17) is 16.7 Å². The number of rotatable bonds is 3. The molecule has 0 saturated heterocycles. The minimum Gasteiger partial charge on any atom is -0.478 e. The van der Waals surface area contributed by atoms with Crippen molar-refractivity contribution in [3.63, 3.8) is 0 Å². The third kappa shape index (κ3) is 2.63. The van der Waals surface area contributed by atoms with E-state index in [2.05, 4.69) is 20.9 Å². The fourth-order valence-corrected chi connectivity index (χ4v) is 1.87. The molecule has 1 aromatic rings. The molecule has 0 aromatic carbocycles. The van der Waals surface area contributed by atoms with Gasteiger partial charge in [0.15, 0.2) is 0 Å². The van der Waals surface area contributed by atoms with Crippen molar-refractivity contribution in [2.75, 3.05) is 0 Å². The van der Waals surface area contributed by atoms with E-state index in [1.165, 1.54) is 0 Å². The van der Waals surface area contributed by atoms with Crippen LogP contribution < -0.4 is 0 Å². The number of carbonyl (C=O) groups is 1. The lowest BCUT2D eigenvalue weighted by Crippen LogP contribution is -2.06. The van der Waals surface area contributed by atoms with Gasteiger partial charge in [-0.15, -0.1) is 11.6 Å². The van der Waals surface area contributed by atoms with Gasteiger partial charge >= 0.3 is 5.97 Å². The zero-order chi connectivity index (χ0) is 11.6. The zero-order valence-electron chi connectivity index (χ0n) is 7.18. The Kier molecular flexibility index (Phi) is 3.98. The largest absolute Gasteiger partial charge is 0.478 e. The third-order valence-electron chi connectivity index (χ3n) is 1.66. The smallest absolute Gasteiger partial charge is 0.338 e. The molecule has 0 amide bonds. The summed E-state index contributed by atoms with van der Waals surface area (Å²) in [5, 5.41) is 8.79. The Balaban J connectivity index is 3.37. The van der Waals surface area contributed by atoms with Crippen LogP contribution in [-0.2, 0) is 5.88 Å². The molecule has 1 N–H and O–H groups in total. The van der Waals surface area contributed by atoms with Gasteiger partial charge in [0.05, 0.1) is 5.56 Å². The number of pyridine rings is 1. The highest BCUT2D eigenvalue weighted by Crippen LogP contribution is 2.26. The van der Waals surface area contributed by atoms with Crippen molar-refractivity contribution < 1.29 is 18.7 Å². The zero-order valence-corrected chi connectivity index (χ0v) is 9.52. The van der Waals surface area contributed by atoms with Crippen LogP contribution in [0.15, 0.2) is 10.7 Å². The Bertz CT molecular complexity index is 400. The highest BCUT2D eigenvalue weighted by Gasteiger charge is 2.19. The maximum absolute atomic E-state index is 12.3. The summed E-state index contributed by atoms with van der Waals surface area (Å²) in [4.78, 5) is 14.2. The Morgan fingerprint density at radius 3 is 2.67 bits per heavy atom. The van der Waals surface area contributed by atoms with Crippen LogP contribution in [0.2, 0.25) is 0 Å². The summed E-state index contributed by atoms with van der Waals surface area (Å²) in [6, 6.07) is 0.992. The molecule has 0 atom stereocenters. The van der Waals surface area contributed by atoms with Crippen molar-refractivity contribution in [2.24, 2.45) is 0 Å². The summed E-state index contributed by atoms with van der Waals surface area (Å²) < 4.78 is 24.5. The molecule has 3 nitrogen and oxygen atoms in total. The molecular formula is C8H5BrClF2NO2. The molecule has 0 saturated carbocycles. The monoisotopic (exact) mass is 299 g/mol. The second-order valence-electron chi connectivity index (χ2n) is 2.61. The molecule has 0 spiro atoms. The van der Waals surface area contributed by atoms with Crippen molar-refractivity contribution in [1.82, 2.24) is 4.98 Å². The maximum Gasteiger partial charge on any atom is 0.338 e. The standard InChI is InChI=1S/C8H5BrClF2NO2/c9-6-5(8(14)15)3(2-10)1-4(13-6)7(11)12/h1,7H,2H2,(H,14,15). The summed E-state index contributed by atoms with van der Waals surface area (Å²) in [7, 11) is 0. The average Bonchev–Trinajstić information content (AvgIpc) is 2.15. The van der Waals surface area contributed by atoms with E-state index in [0.717, 1.165) is 6.07 Å². The fourth-order valence-electron chi connectivity index (χ4n) is 1.03. The SMILES string of the molecule is O=C(O)c1c(CCl)cc(C(F)F)nc1Br. The van der Waals surface area contributed by atoms with Crippen LogP contribution in [-0.4, -0.2) is 16.1 Å². The predicted molar refractivity (Wildman–Crippen MR) is 53.4 cm³/mol. The summed E-state index contributed by atoms with van der Waals surface area (Å²) in [6.07, 6.45) is -2.76. The number of nitrogens with zero attached hydrogens (tertiary/aromatic N) is 1. The molecule has 1 heterocycles. The van der Waals surface area contributed by atoms with Crippen molar-refractivity contribution in [3.8, 4) is 0 Å². The van der Waals surface area contributed by atoms with Crippen LogP contribution in [0, 0.1) is 0 Å². The van der Waals surface area contributed by atoms with Crippen LogP contribution >= 0.6 is 27.5 Å². The Hall–Kier alpha value is -0.750. The van der Waals surface area contributed by atoms with E-state index >= 15 is 0 Å². The molecule has 7 heteroatoms. The molecule has 1 aromatic heterocycles. The molecule has 1 rings (SSSR count). The van der Waals surface area contributed by atoms with Crippen LogP contribution in [0.25, 0.3) is 0 Å². The van der Waals surface area contributed by atoms with Gasteiger partial charge in [0.2, 0.25) is 0 Å². The summed E-state index contributed by atoms with van der Waals surface area (Å²) in [6.45, 7) is 0. The van der Waals surface area contributed by atoms with Gasteiger partial charge < -0.3 is 5.11 Å². The second-order valence-corrected chi connectivity index (χ2v) is 3.63. The van der Waals surface area contributed by atoms with Crippen LogP contribution in [0.1, 0.15) is 28.0 Å². The lowest BCUT2D eigenvalue weighted by atomic mass is 10.1. The Morgan fingerprint density at radius 2 is 2.27 bits per heavy atom. The first-order valence-corrected chi connectivity index (χ1v) is 5.06. The van der Waals surface area contributed by atoms with Gasteiger partial charge in [-0.1, -0.05) is 0 Å². The van der Waals surface area contributed by atoms with Crippen molar-refractivity contribution in [2.45, 2.75) is 12.3 Å². The third-order valence-corrected chi connectivity index (χ3v) is 2.52. The molecule has 0 radical (unpaired) electrons. The van der Waals surface area contributed by atoms with E-state index in [1.807, 2.05) is 0 Å². The maximum atomic E-state index is 12.3. The Labute approximate surface area is 97.2 Å². The second kappa shape index (κ2) is 4.85. The van der Waals surface area contributed by atoms with Crippen LogP contribution in [0.5, 0.6) is 0 Å². The van der Waals surface area contributed by atoms with Gasteiger partial charge in [0.25, 0.3) is 6.43 Å². The number of aromatic nitrogens is 1. The molecule has 0 aliphatic rings. The van der Waals surface area contributed by atoms with E-state index in [1.54, 1.807) is 0 Å². The van der Waals surface area contributed by atoms with E-state index in [9.17, 15) is 13.6 Å². The normalized spacial score (nSPS) is 10.7. The van der Waals surface area contributed by atoms with Crippen molar-refractivity contribution in [1.29, 1.82) is 0 Å². The first-order valence-electron chi connectivity index (χ1n) is 3.74. The number of hydrogen-bond donors (Lipinski definition) is 1. The molecule has 0 fully saturated rings. The predicted octanol–water partition coefficient (Wildman–Crippen LogP) is 3.22. The Morgan fingerprint density at radius 1 is 1.67 bits per heavy atom. The fraction of sp³-hybridized carbons (Fsp3) is 0.250. The highest BCUT2D eigenvalue weighted by atomic mass is 79.9. The van der Waals surface area contributed by atoms with Gasteiger partial charge in [0.1, 0.15) is 10.3 Å². The summed E-state index contributed by atoms with van der Waals surface area (Å²) >= 11 is 8.29. The topological polar surface area (TPSA) is 50.2 Å². The molecule has 0 bridgehead atoms. The van der Waals surface area contributed by atoms with E-state index < -0.39 is 18.1 Å². The first kappa shape index (κ1) is 12.3. The molecule has 15 heavy (non-hydrogen) atoms. The minimum absolute atomic E-state index is 0.112. The quantitative estimate of drug-likeness (QED) is 0.689. The van der Waals surface area contributed by atoms with Gasteiger partial charge in [-0.25, -0.2) is 18.6 Å². The molecular weight excluding hydrogens is 295 g/mol. The first-order chi connectivity index (χ1) is 6.97. The summed E-state index contributed by atoms with van der Waals surface area (Å²) in [5.41, 5.74) is -0.571. The number of carboxylic acids is 1. The molecule has 82 valence electrons. The molecule has 0 aliphatic carbocycles. The van der Waals surface area contributed by atoms with Crippen LogP contribution in [0.4, 0.5) is 8.78 Å². The average molecular weight is 300 g/mol. The number of hydrogen-bond acceptors (Lipinski definition) is 2. The van der Waals surface area contributed by atoms with E-state index in [0.29, 0.717) is 0 Å². The van der Waals surface area contributed by atoms with Crippen molar-refractivity contribution >= 4 is 33.5 Å². The number of carboxylic acid groups (broad SMARTS) is 1.